The van der Waals surface area contributed by atoms with Gasteiger partial charge in [-0.3, -0.25) is 9.69 Å². The minimum Gasteiger partial charge on any atom is -0.445 e. The SMILES string of the molecule is O=C(F)C1CC(F)CN1C(=O)OCc1ccccc1. The van der Waals surface area contributed by atoms with Crippen molar-refractivity contribution in [1.29, 1.82) is 0 Å². The highest BCUT2D eigenvalue weighted by Gasteiger charge is 2.40. The first kappa shape index (κ1) is 13.5. The van der Waals surface area contributed by atoms with Crippen LogP contribution in [0.2, 0.25) is 0 Å². The summed E-state index contributed by atoms with van der Waals surface area (Å²) >= 11 is 0. The van der Waals surface area contributed by atoms with E-state index in [-0.39, 0.29) is 19.6 Å². The number of hydrogen-bond acceptors (Lipinski definition) is 3. The number of rotatable bonds is 3. The maximum atomic E-state index is 13.1. The van der Waals surface area contributed by atoms with E-state index in [1.54, 1.807) is 24.3 Å². The fourth-order valence-electron chi connectivity index (χ4n) is 2.00. The Labute approximate surface area is 109 Å². The lowest BCUT2D eigenvalue weighted by atomic mass is 10.2. The summed E-state index contributed by atoms with van der Waals surface area (Å²) in [6.45, 7) is -0.311. The van der Waals surface area contributed by atoms with Gasteiger partial charge in [0, 0.05) is 6.42 Å². The van der Waals surface area contributed by atoms with Gasteiger partial charge in [0.1, 0.15) is 18.8 Å². The molecule has 2 rings (SSSR count). The molecule has 0 aliphatic carbocycles. The molecule has 1 aromatic carbocycles. The van der Waals surface area contributed by atoms with Crippen LogP contribution in [0.15, 0.2) is 30.3 Å². The molecule has 19 heavy (non-hydrogen) atoms. The summed E-state index contributed by atoms with van der Waals surface area (Å²) in [6.07, 6.45) is -2.58. The zero-order valence-electron chi connectivity index (χ0n) is 10.1. The van der Waals surface area contributed by atoms with Crippen LogP contribution in [0.1, 0.15) is 12.0 Å². The Kier molecular flexibility index (Phi) is 4.09. The second-order valence-corrected chi connectivity index (χ2v) is 4.35. The Morgan fingerprint density at radius 2 is 2.00 bits per heavy atom. The minimum atomic E-state index is -1.71. The largest absolute Gasteiger partial charge is 0.445 e. The molecular formula is C13H13F2NO3. The van der Waals surface area contributed by atoms with Gasteiger partial charge < -0.3 is 4.74 Å². The number of nitrogens with zero attached hydrogens (tertiary/aromatic N) is 1. The van der Waals surface area contributed by atoms with Crippen molar-refractivity contribution >= 4 is 12.1 Å². The second-order valence-electron chi connectivity index (χ2n) is 4.35. The molecule has 0 aromatic heterocycles. The highest BCUT2D eigenvalue weighted by molar-refractivity contribution is 5.81. The number of ether oxygens (including phenoxy) is 1. The molecule has 1 aromatic rings. The number of alkyl halides is 1. The summed E-state index contributed by atoms with van der Waals surface area (Å²) in [4.78, 5) is 23.2. The Morgan fingerprint density at radius 3 is 2.63 bits per heavy atom. The molecule has 4 nitrogen and oxygen atoms in total. The zero-order chi connectivity index (χ0) is 13.8. The molecule has 6 heteroatoms. The van der Waals surface area contributed by atoms with Gasteiger partial charge in [0.25, 0.3) is 0 Å². The lowest BCUT2D eigenvalue weighted by Crippen LogP contribution is -2.39. The van der Waals surface area contributed by atoms with E-state index in [1.807, 2.05) is 6.07 Å². The Hall–Kier alpha value is -1.98. The average molecular weight is 269 g/mol. The van der Waals surface area contributed by atoms with Crippen molar-refractivity contribution in [2.24, 2.45) is 0 Å². The summed E-state index contributed by atoms with van der Waals surface area (Å²) in [5.41, 5.74) is 0.759. The highest BCUT2D eigenvalue weighted by Crippen LogP contribution is 2.22. The number of halogens is 2. The van der Waals surface area contributed by atoms with Gasteiger partial charge in [-0.15, -0.1) is 0 Å². The van der Waals surface area contributed by atoms with Crippen molar-refractivity contribution in [2.75, 3.05) is 6.54 Å². The van der Waals surface area contributed by atoms with Crippen LogP contribution in [0.25, 0.3) is 0 Å². The van der Waals surface area contributed by atoms with Crippen molar-refractivity contribution in [3.8, 4) is 0 Å². The highest BCUT2D eigenvalue weighted by atomic mass is 19.1. The summed E-state index contributed by atoms with van der Waals surface area (Å²) < 4.78 is 30.8. The fraction of sp³-hybridized carbons (Fsp3) is 0.385. The van der Waals surface area contributed by atoms with Crippen molar-refractivity contribution in [1.82, 2.24) is 4.90 Å². The van der Waals surface area contributed by atoms with E-state index in [9.17, 15) is 18.4 Å². The molecule has 1 amide bonds. The monoisotopic (exact) mass is 269 g/mol. The maximum absolute atomic E-state index is 13.1. The number of amides is 1. The van der Waals surface area contributed by atoms with E-state index in [0.717, 1.165) is 10.5 Å². The molecule has 2 atom stereocenters. The molecular weight excluding hydrogens is 256 g/mol. The smallest absolute Gasteiger partial charge is 0.410 e. The van der Waals surface area contributed by atoms with Crippen LogP contribution in [0.5, 0.6) is 0 Å². The Morgan fingerprint density at radius 1 is 1.32 bits per heavy atom. The molecule has 1 saturated heterocycles. The minimum absolute atomic E-state index is 0.000319. The van der Waals surface area contributed by atoms with Gasteiger partial charge >= 0.3 is 12.1 Å². The average Bonchev–Trinajstić information content (AvgIpc) is 2.79. The molecule has 0 saturated carbocycles. The predicted molar refractivity (Wildman–Crippen MR) is 62.7 cm³/mol. The molecule has 2 unspecified atom stereocenters. The normalized spacial score (nSPS) is 22.3. The standard InChI is InChI=1S/C13H13F2NO3/c14-10-6-11(12(15)17)16(7-10)13(18)19-8-9-4-2-1-3-5-9/h1-5,10-11H,6-8H2. The van der Waals surface area contributed by atoms with Crippen LogP contribution in [0, 0.1) is 0 Å². The first-order valence-corrected chi connectivity index (χ1v) is 5.88. The molecule has 0 radical (unpaired) electrons. The van der Waals surface area contributed by atoms with Gasteiger partial charge in [0.2, 0.25) is 0 Å². The van der Waals surface area contributed by atoms with E-state index < -0.39 is 24.3 Å². The van der Waals surface area contributed by atoms with Crippen LogP contribution >= 0.6 is 0 Å². The Balaban J connectivity index is 1.94. The first-order chi connectivity index (χ1) is 9.08. The lowest BCUT2D eigenvalue weighted by molar-refractivity contribution is -0.133. The zero-order valence-corrected chi connectivity index (χ0v) is 10.1. The van der Waals surface area contributed by atoms with Gasteiger partial charge in [-0.25, -0.2) is 9.18 Å². The van der Waals surface area contributed by atoms with E-state index in [2.05, 4.69) is 0 Å². The second kappa shape index (κ2) is 5.77. The predicted octanol–water partition coefficient (Wildman–Crippen LogP) is 2.23. The topological polar surface area (TPSA) is 46.6 Å². The fourth-order valence-corrected chi connectivity index (χ4v) is 2.00. The van der Waals surface area contributed by atoms with Crippen LogP contribution < -0.4 is 0 Å². The third-order valence-corrected chi connectivity index (χ3v) is 2.95. The van der Waals surface area contributed by atoms with E-state index >= 15 is 0 Å². The summed E-state index contributed by atoms with van der Waals surface area (Å²) in [5, 5.41) is 0. The quantitative estimate of drug-likeness (QED) is 0.790. The third-order valence-electron chi connectivity index (χ3n) is 2.95. The number of likely N-dealkylation sites (tertiary alicyclic amines) is 1. The third kappa shape index (κ3) is 3.27. The molecule has 1 aliphatic heterocycles. The van der Waals surface area contributed by atoms with E-state index in [1.165, 1.54) is 0 Å². The molecule has 1 fully saturated rings. The van der Waals surface area contributed by atoms with E-state index in [0.29, 0.717) is 0 Å². The molecule has 0 N–H and O–H groups in total. The molecule has 102 valence electrons. The molecule has 1 heterocycles. The first-order valence-electron chi connectivity index (χ1n) is 5.88. The number of benzene rings is 1. The van der Waals surface area contributed by atoms with E-state index in [4.69, 9.17) is 4.74 Å². The van der Waals surface area contributed by atoms with Crippen molar-refractivity contribution < 1.29 is 23.1 Å². The number of carbonyl (C=O) groups excluding carboxylic acids is 2. The van der Waals surface area contributed by atoms with Gasteiger partial charge in [-0.05, 0) is 5.56 Å². The molecule has 1 aliphatic rings. The van der Waals surface area contributed by atoms with Crippen LogP contribution in [0.4, 0.5) is 13.6 Å². The number of carbonyl (C=O) groups is 2. The van der Waals surface area contributed by atoms with Crippen molar-refractivity contribution in [3.63, 3.8) is 0 Å². The number of hydrogen-bond donors (Lipinski definition) is 0. The summed E-state index contributed by atoms with van der Waals surface area (Å²) in [6, 6.07) is 5.82. The van der Waals surface area contributed by atoms with Crippen LogP contribution in [-0.2, 0) is 16.1 Å². The summed E-state index contributed by atoms with van der Waals surface area (Å²) in [7, 11) is 0. The summed E-state index contributed by atoms with van der Waals surface area (Å²) in [5.74, 6) is 0. The lowest BCUT2D eigenvalue weighted by Gasteiger charge is -2.20. The van der Waals surface area contributed by atoms with Gasteiger partial charge in [-0.1, -0.05) is 30.3 Å². The van der Waals surface area contributed by atoms with Gasteiger partial charge in [-0.2, -0.15) is 4.39 Å². The molecule has 0 bridgehead atoms. The van der Waals surface area contributed by atoms with Gasteiger partial charge in [0.15, 0.2) is 0 Å². The van der Waals surface area contributed by atoms with Crippen LogP contribution in [0.3, 0.4) is 0 Å². The van der Waals surface area contributed by atoms with Crippen molar-refractivity contribution in [3.05, 3.63) is 35.9 Å². The Bertz CT molecular complexity index is 466. The van der Waals surface area contributed by atoms with Crippen molar-refractivity contribution in [2.45, 2.75) is 25.2 Å². The van der Waals surface area contributed by atoms with Gasteiger partial charge in [0.05, 0.1) is 6.54 Å². The molecule has 0 spiro atoms. The van der Waals surface area contributed by atoms with Crippen LogP contribution in [-0.4, -0.2) is 35.8 Å². The maximum Gasteiger partial charge on any atom is 0.410 e.